The van der Waals surface area contributed by atoms with E-state index in [1.54, 1.807) is 18.2 Å². The van der Waals surface area contributed by atoms with Crippen LogP contribution in [0.2, 0.25) is 10.0 Å². The van der Waals surface area contributed by atoms with Crippen LogP contribution in [0, 0.1) is 6.92 Å². The Morgan fingerprint density at radius 3 is 2.45 bits per heavy atom. The smallest absolute Gasteiger partial charge is 0.410 e. The van der Waals surface area contributed by atoms with Crippen molar-refractivity contribution in [3.8, 4) is 5.75 Å². The fraction of sp³-hybridized carbons (Fsp3) is 0.235. The monoisotopic (exact) mass is 337 g/mol. The minimum atomic E-state index is -0.564. The summed E-state index contributed by atoms with van der Waals surface area (Å²) in [6.07, 6.45) is -0.564. The number of anilines is 1. The summed E-state index contributed by atoms with van der Waals surface area (Å²) in [4.78, 5) is 12.1. The van der Waals surface area contributed by atoms with Gasteiger partial charge in [-0.1, -0.05) is 49.2 Å². The number of aryl methyl sites for hydroxylation is 1. The van der Waals surface area contributed by atoms with E-state index in [2.05, 4.69) is 5.32 Å². The van der Waals surface area contributed by atoms with Crippen molar-refractivity contribution < 1.29 is 9.53 Å². The molecule has 0 radical (unpaired) electrons. The van der Waals surface area contributed by atoms with Gasteiger partial charge in [0.2, 0.25) is 0 Å². The second kappa shape index (κ2) is 7.03. The zero-order valence-corrected chi connectivity index (χ0v) is 14.1. The Morgan fingerprint density at radius 2 is 1.82 bits per heavy atom. The fourth-order valence-electron chi connectivity index (χ4n) is 2.02. The van der Waals surface area contributed by atoms with Crippen LogP contribution in [0.3, 0.4) is 0 Å². The van der Waals surface area contributed by atoms with Crippen LogP contribution in [0.1, 0.15) is 30.9 Å². The van der Waals surface area contributed by atoms with Crippen molar-refractivity contribution in [3.05, 3.63) is 57.6 Å². The van der Waals surface area contributed by atoms with Crippen molar-refractivity contribution in [2.24, 2.45) is 0 Å². The van der Waals surface area contributed by atoms with Crippen molar-refractivity contribution >= 4 is 35.0 Å². The van der Waals surface area contributed by atoms with E-state index in [0.717, 1.165) is 11.1 Å². The predicted molar refractivity (Wildman–Crippen MR) is 91.4 cm³/mol. The van der Waals surface area contributed by atoms with Crippen molar-refractivity contribution in [2.75, 3.05) is 5.32 Å². The van der Waals surface area contributed by atoms with E-state index in [1.807, 2.05) is 39.0 Å². The molecule has 0 heterocycles. The number of nitrogens with one attached hydrogen (secondary N) is 1. The highest BCUT2D eigenvalue weighted by Gasteiger charge is 2.13. The second-order valence-corrected chi connectivity index (χ2v) is 6.15. The number of benzene rings is 2. The zero-order valence-electron chi connectivity index (χ0n) is 12.6. The van der Waals surface area contributed by atoms with Crippen LogP contribution in [0.25, 0.3) is 0 Å². The number of halogens is 2. The molecular formula is C17H17Cl2NO2. The Labute approximate surface area is 140 Å². The predicted octanol–water partition coefficient (Wildman–Crippen LogP) is 6.04. The quantitative estimate of drug-likeness (QED) is 0.741. The molecule has 116 valence electrons. The van der Waals surface area contributed by atoms with Gasteiger partial charge in [0.25, 0.3) is 0 Å². The van der Waals surface area contributed by atoms with E-state index in [-0.39, 0.29) is 5.92 Å². The Morgan fingerprint density at radius 1 is 1.09 bits per heavy atom. The lowest BCUT2D eigenvalue weighted by molar-refractivity contribution is 0.214. The molecule has 22 heavy (non-hydrogen) atoms. The molecule has 0 saturated heterocycles. The van der Waals surface area contributed by atoms with Crippen LogP contribution >= 0.6 is 23.2 Å². The van der Waals surface area contributed by atoms with E-state index in [4.69, 9.17) is 27.9 Å². The minimum Gasteiger partial charge on any atom is -0.410 e. The van der Waals surface area contributed by atoms with Crippen molar-refractivity contribution in [2.45, 2.75) is 26.7 Å². The number of hydrogen-bond donors (Lipinski definition) is 1. The third-order valence-electron chi connectivity index (χ3n) is 3.16. The topological polar surface area (TPSA) is 38.3 Å². The zero-order chi connectivity index (χ0) is 16.3. The van der Waals surface area contributed by atoms with Gasteiger partial charge in [0.05, 0.1) is 10.0 Å². The standard InChI is InChI=1S/C17H17Cl2NO2/c1-10(2)13-6-4-11(3)8-16(13)22-17(21)20-12-5-7-14(18)15(19)9-12/h4-10H,1-3H3,(H,20,21). The Hall–Kier alpha value is -1.71. The highest BCUT2D eigenvalue weighted by Crippen LogP contribution is 2.28. The summed E-state index contributed by atoms with van der Waals surface area (Å²) >= 11 is 11.8. The lowest BCUT2D eigenvalue weighted by atomic mass is 10.0. The minimum absolute atomic E-state index is 0.258. The lowest BCUT2D eigenvalue weighted by Crippen LogP contribution is -2.17. The van der Waals surface area contributed by atoms with E-state index < -0.39 is 6.09 Å². The SMILES string of the molecule is Cc1ccc(C(C)C)c(OC(=O)Nc2ccc(Cl)c(Cl)c2)c1. The highest BCUT2D eigenvalue weighted by atomic mass is 35.5. The first-order valence-corrected chi connectivity index (χ1v) is 7.67. The summed E-state index contributed by atoms with van der Waals surface area (Å²) < 4.78 is 5.44. The summed E-state index contributed by atoms with van der Waals surface area (Å²) in [5.41, 5.74) is 2.54. The molecule has 3 nitrogen and oxygen atoms in total. The van der Waals surface area contributed by atoms with Crippen LogP contribution in [0.5, 0.6) is 5.75 Å². The van der Waals surface area contributed by atoms with Gasteiger partial charge in [-0.25, -0.2) is 4.79 Å². The van der Waals surface area contributed by atoms with Gasteiger partial charge in [0.1, 0.15) is 5.75 Å². The van der Waals surface area contributed by atoms with Crippen LogP contribution in [-0.4, -0.2) is 6.09 Å². The van der Waals surface area contributed by atoms with Gasteiger partial charge in [-0.15, -0.1) is 0 Å². The first kappa shape index (κ1) is 16.7. The molecule has 1 amide bonds. The molecule has 0 fully saturated rings. The number of rotatable bonds is 3. The fourth-order valence-corrected chi connectivity index (χ4v) is 2.32. The van der Waals surface area contributed by atoms with Crippen LogP contribution < -0.4 is 10.1 Å². The molecule has 0 atom stereocenters. The highest BCUT2D eigenvalue weighted by molar-refractivity contribution is 6.42. The van der Waals surface area contributed by atoms with Gasteiger partial charge in [-0.3, -0.25) is 5.32 Å². The number of ether oxygens (including phenoxy) is 1. The number of carbonyl (C=O) groups is 1. The summed E-state index contributed by atoms with van der Waals surface area (Å²) in [5.74, 6) is 0.820. The van der Waals surface area contributed by atoms with E-state index in [9.17, 15) is 4.79 Å². The van der Waals surface area contributed by atoms with Gasteiger partial charge in [-0.05, 0) is 48.2 Å². The Kier molecular flexibility index (Phi) is 5.33. The molecule has 0 aliphatic carbocycles. The maximum absolute atomic E-state index is 12.1. The molecule has 0 aliphatic heterocycles. The normalized spacial score (nSPS) is 10.6. The number of hydrogen-bond acceptors (Lipinski definition) is 2. The lowest BCUT2D eigenvalue weighted by Gasteiger charge is -2.14. The molecule has 5 heteroatoms. The third-order valence-corrected chi connectivity index (χ3v) is 3.90. The van der Waals surface area contributed by atoms with Gasteiger partial charge in [0, 0.05) is 5.69 Å². The molecular weight excluding hydrogens is 321 g/mol. The molecule has 0 spiro atoms. The van der Waals surface area contributed by atoms with Crippen molar-refractivity contribution in [1.82, 2.24) is 0 Å². The molecule has 2 aromatic carbocycles. The maximum atomic E-state index is 12.1. The second-order valence-electron chi connectivity index (χ2n) is 5.34. The van der Waals surface area contributed by atoms with Gasteiger partial charge in [0.15, 0.2) is 0 Å². The molecule has 0 bridgehead atoms. The van der Waals surface area contributed by atoms with Gasteiger partial charge >= 0.3 is 6.09 Å². The van der Waals surface area contributed by atoms with E-state index in [1.165, 1.54) is 0 Å². The van der Waals surface area contributed by atoms with Crippen molar-refractivity contribution in [3.63, 3.8) is 0 Å². The largest absolute Gasteiger partial charge is 0.417 e. The first-order valence-electron chi connectivity index (χ1n) is 6.91. The van der Waals surface area contributed by atoms with Gasteiger partial charge < -0.3 is 4.74 Å². The summed E-state index contributed by atoms with van der Waals surface area (Å²) in [7, 11) is 0. The average molecular weight is 338 g/mol. The average Bonchev–Trinajstić information content (AvgIpc) is 2.42. The summed E-state index contributed by atoms with van der Waals surface area (Å²) in [5, 5.41) is 3.44. The van der Waals surface area contributed by atoms with Crippen LogP contribution in [-0.2, 0) is 0 Å². The Balaban J connectivity index is 2.15. The van der Waals surface area contributed by atoms with E-state index in [0.29, 0.717) is 21.5 Å². The third kappa shape index (κ3) is 4.15. The molecule has 2 aromatic rings. The first-order chi connectivity index (χ1) is 10.4. The summed E-state index contributed by atoms with van der Waals surface area (Å²) in [6, 6.07) is 10.7. The number of amides is 1. The molecule has 0 aromatic heterocycles. The van der Waals surface area contributed by atoms with Crippen LogP contribution in [0.4, 0.5) is 10.5 Å². The molecule has 0 aliphatic rings. The van der Waals surface area contributed by atoms with E-state index >= 15 is 0 Å². The molecule has 0 saturated carbocycles. The summed E-state index contributed by atoms with van der Waals surface area (Å²) in [6.45, 7) is 6.05. The van der Waals surface area contributed by atoms with Crippen molar-refractivity contribution in [1.29, 1.82) is 0 Å². The number of carbonyl (C=O) groups excluding carboxylic acids is 1. The maximum Gasteiger partial charge on any atom is 0.417 e. The molecule has 0 unspecified atom stereocenters. The molecule has 2 rings (SSSR count). The molecule has 1 N–H and O–H groups in total. The van der Waals surface area contributed by atoms with Crippen LogP contribution in [0.15, 0.2) is 36.4 Å². The Bertz CT molecular complexity index is 699. The van der Waals surface area contributed by atoms with Gasteiger partial charge in [-0.2, -0.15) is 0 Å².